The number of unbranched alkanes of at least 4 members (excludes halogenated alkanes) is 2. The predicted molar refractivity (Wildman–Crippen MR) is 145 cm³/mol. The Kier molecular flexibility index (Phi) is 8.86. The molecule has 1 heterocycles. The van der Waals surface area contributed by atoms with E-state index >= 15 is 0 Å². The summed E-state index contributed by atoms with van der Waals surface area (Å²) in [6.45, 7) is 6.41. The molecule has 0 radical (unpaired) electrons. The number of aryl methyl sites for hydroxylation is 1. The molecule has 0 bridgehead atoms. The molecule has 5 nitrogen and oxygen atoms in total. The fourth-order valence-corrected chi connectivity index (χ4v) is 6.52. The SMILES string of the molecule is C=CCN1CCC2(c3cccc(O)c3)CC(N(C)C(=O)CCCCCc3ccccc3)CC(O)C2C1. The minimum Gasteiger partial charge on any atom is -0.508 e. The zero-order valence-electron chi connectivity index (χ0n) is 21.7. The summed E-state index contributed by atoms with van der Waals surface area (Å²) < 4.78 is 0. The van der Waals surface area contributed by atoms with Gasteiger partial charge in [0.25, 0.3) is 0 Å². The van der Waals surface area contributed by atoms with Gasteiger partial charge in [0.1, 0.15) is 5.75 Å². The number of carbonyl (C=O) groups is 1. The fraction of sp³-hybridized carbons (Fsp3) is 0.516. The first-order chi connectivity index (χ1) is 17.4. The van der Waals surface area contributed by atoms with E-state index < -0.39 is 6.10 Å². The van der Waals surface area contributed by atoms with Crippen molar-refractivity contribution in [3.05, 3.63) is 78.4 Å². The second kappa shape index (κ2) is 12.1. The topological polar surface area (TPSA) is 64.0 Å². The van der Waals surface area contributed by atoms with Crippen molar-refractivity contribution in [3.8, 4) is 5.75 Å². The first kappa shape index (κ1) is 26.4. The Balaban J connectivity index is 1.41. The van der Waals surface area contributed by atoms with Gasteiger partial charge in [0.15, 0.2) is 0 Å². The van der Waals surface area contributed by atoms with E-state index in [0.29, 0.717) is 12.8 Å². The molecule has 1 amide bonds. The lowest BCUT2D eigenvalue weighted by Gasteiger charge is -2.56. The van der Waals surface area contributed by atoms with Crippen LogP contribution < -0.4 is 0 Å². The molecule has 36 heavy (non-hydrogen) atoms. The van der Waals surface area contributed by atoms with Crippen molar-refractivity contribution < 1.29 is 15.0 Å². The van der Waals surface area contributed by atoms with E-state index in [1.807, 2.05) is 36.2 Å². The fourth-order valence-electron chi connectivity index (χ4n) is 6.52. The Labute approximate surface area is 216 Å². The highest BCUT2D eigenvalue weighted by molar-refractivity contribution is 5.76. The number of piperidine rings is 1. The van der Waals surface area contributed by atoms with Gasteiger partial charge >= 0.3 is 0 Å². The average Bonchev–Trinajstić information content (AvgIpc) is 2.89. The highest BCUT2D eigenvalue weighted by atomic mass is 16.3. The maximum atomic E-state index is 13.2. The van der Waals surface area contributed by atoms with Gasteiger partial charge in [-0.2, -0.15) is 0 Å². The summed E-state index contributed by atoms with van der Waals surface area (Å²) in [7, 11) is 1.91. The smallest absolute Gasteiger partial charge is 0.222 e. The van der Waals surface area contributed by atoms with E-state index in [1.165, 1.54) is 5.56 Å². The van der Waals surface area contributed by atoms with Crippen LogP contribution in [0.1, 0.15) is 56.1 Å². The monoisotopic (exact) mass is 490 g/mol. The highest BCUT2D eigenvalue weighted by Gasteiger charge is 2.52. The molecule has 4 rings (SSSR count). The molecule has 4 atom stereocenters. The molecule has 2 aliphatic rings. The molecule has 1 aliphatic carbocycles. The number of carbonyl (C=O) groups excluding carboxylic acids is 1. The van der Waals surface area contributed by atoms with Crippen molar-refractivity contribution in [2.24, 2.45) is 5.92 Å². The van der Waals surface area contributed by atoms with Gasteiger partial charge in [-0.15, -0.1) is 6.58 Å². The molecule has 2 aromatic rings. The molecular weight excluding hydrogens is 448 g/mol. The van der Waals surface area contributed by atoms with Crippen LogP contribution in [0, 0.1) is 5.92 Å². The lowest BCUT2D eigenvalue weighted by Crippen LogP contribution is -2.61. The third-order valence-corrected chi connectivity index (χ3v) is 8.57. The first-order valence-corrected chi connectivity index (χ1v) is 13.5. The first-order valence-electron chi connectivity index (χ1n) is 13.5. The Morgan fingerprint density at radius 1 is 1.17 bits per heavy atom. The van der Waals surface area contributed by atoms with Gasteiger partial charge in [-0.25, -0.2) is 0 Å². The number of hydrogen-bond donors (Lipinski definition) is 2. The number of likely N-dealkylation sites (tertiary alicyclic amines) is 1. The zero-order valence-corrected chi connectivity index (χ0v) is 21.7. The Morgan fingerprint density at radius 3 is 2.72 bits per heavy atom. The summed E-state index contributed by atoms with van der Waals surface area (Å²) in [5.74, 6) is 0.483. The van der Waals surface area contributed by atoms with Gasteiger partial charge in [-0.3, -0.25) is 9.69 Å². The molecule has 0 aromatic heterocycles. The number of benzene rings is 2. The summed E-state index contributed by atoms with van der Waals surface area (Å²) in [5, 5.41) is 21.6. The van der Waals surface area contributed by atoms with Gasteiger partial charge in [0.05, 0.1) is 6.10 Å². The molecule has 1 saturated heterocycles. The Morgan fingerprint density at radius 2 is 1.97 bits per heavy atom. The quantitative estimate of drug-likeness (QED) is 0.366. The van der Waals surface area contributed by atoms with Crippen molar-refractivity contribution >= 4 is 5.91 Å². The zero-order chi connectivity index (χ0) is 25.5. The molecule has 1 aliphatic heterocycles. The standard InChI is InChI=1S/C31H42N2O3/c1-3-18-33-19-17-31(25-14-10-15-27(34)20-25)22-26(21-29(35)28(31)23-33)32(2)30(36)16-9-5-8-13-24-11-6-4-7-12-24/h3-4,6-7,10-12,14-15,20,26,28-29,34-35H,1,5,8-9,13,16-19,21-23H2,2H3. The van der Waals surface area contributed by atoms with E-state index in [0.717, 1.165) is 63.7 Å². The number of phenolic OH excluding ortho intramolecular Hbond substituents is 1. The predicted octanol–water partition coefficient (Wildman–Crippen LogP) is 4.92. The maximum Gasteiger partial charge on any atom is 0.222 e. The number of hydrogen-bond acceptors (Lipinski definition) is 4. The van der Waals surface area contributed by atoms with E-state index in [1.54, 1.807) is 6.07 Å². The van der Waals surface area contributed by atoms with Crippen molar-refractivity contribution in [2.45, 2.75) is 68.9 Å². The number of fused-ring (bicyclic) bond motifs is 1. The van der Waals surface area contributed by atoms with Crippen LogP contribution in [0.4, 0.5) is 0 Å². The number of aliphatic hydroxyl groups excluding tert-OH is 1. The van der Waals surface area contributed by atoms with E-state index in [9.17, 15) is 15.0 Å². The van der Waals surface area contributed by atoms with E-state index in [2.05, 4.69) is 41.8 Å². The summed E-state index contributed by atoms with van der Waals surface area (Å²) in [6, 6.07) is 18.0. The maximum absolute atomic E-state index is 13.2. The second-order valence-electron chi connectivity index (χ2n) is 10.8. The molecule has 0 spiro atoms. The molecular formula is C31H42N2O3. The molecule has 194 valence electrons. The summed E-state index contributed by atoms with van der Waals surface area (Å²) in [4.78, 5) is 17.4. The van der Waals surface area contributed by atoms with Crippen LogP contribution in [-0.2, 0) is 16.6 Å². The van der Waals surface area contributed by atoms with Crippen LogP contribution in [0.2, 0.25) is 0 Å². The van der Waals surface area contributed by atoms with Gasteiger partial charge in [0, 0.05) is 43.9 Å². The molecule has 1 saturated carbocycles. The number of rotatable bonds is 10. The van der Waals surface area contributed by atoms with Gasteiger partial charge < -0.3 is 15.1 Å². The van der Waals surface area contributed by atoms with Gasteiger partial charge in [-0.05, 0) is 68.3 Å². The Hall–Kier alpha value is -2.63. The van der Waals surface area contributed by atoms with Gasteiger partial charge in [0.2, 0.25) is 5.91 Å². The summed E-state index contributed by atoms with van der Waals surface area (Å²) in [6.07, 6.45) is 8.35. The number of aromatic hydroxyl groups is 1. The van der Waals surface area contributed by atoms with Crippen molar-refractivity contribution in [1.29, 1.82) is 0 Å². The highest BCUT2D eigenvalue weighted by Crippen LogP contribution is 2.50. The number of nitrogens with zero attached hydrogens (tertiary/aromatic N) is 2. The number of phenols is 1. The van der Waals surface area contributed by atoms with Crippen molar-refractivity contribution in [1.82, 2.24) is 9.80 Å². The van der Waals surface area contributed by atoms with E-state index in [-0.39, 0.29) is 29.0 Å². The van der Waals surface area contributed by atoms with Crippen molar-refractivity contribution in [3.63, 3.8) is 0 Å². The van der Waals surface area contributed by atoms with Crippen LogP contribution in [0.15, 0.2) is 67.3 Å². The minimum absolute atomic E-state index is 0.0126. The lowest BCUT2D eigenvalue weighted by atomic mass is 9.56. The second-order valence-corrected chi connectivity index (χ2v) is 10.8. The third-order valence-electron chi connectivity index (χ3n) is 8.57. The van der Waals surface area contributed by atoms with Crippen LogP contribution in [0.25, 0.3) is 0 Å². The summed E-state index contributed by atoms with van der Waals surface area (Å²) >= 11 is 0. The minimum atomic E-state index is -0.500. The van der Waals surface area contributed by atoms with Crippen LogP contribution in [-0.4, -0.2) is 64.7 Å². The molecule has 2 fully saturated rings. The number of aliphatic hydroxyl groups is 1. The lowest BCUT2D eigenvalue weighted by molar-refractivity contribution is -0.136. The van der Waals surface area contributed by atoms with Crippen LogP contribution >= 0.6 is 0 Å². The van der Waals surface area contributed by atoms with E-state index in [4.69, 9.17) is 0 Å². The third kappa shape index (κ3) is 6.01. The van der Waals surface area contributed by atoms with Crippen LogP contribution in [0.3, 0.4) is 0 Å². The van der Waals surface area contributed by atoms with Gasteiger partial charge in [-0.1, -0.05) is 55.0 Å². The molecule has 2 aromatic carbocycles. The summed E-state index contributed by atoms with van der Waals surface area (Å²) in [5.41, 5.74) is 2.17. The average molecular weight is 491 g/mol. The largest absolute Gasteiger partial charge is 0.508 e. The molecule has 5 heteroatoms. The molecule has 2 N–H and O–H groups in total. The van der Waals surface area contributed by atoms with Crippen LogP contribution in [0.5, 0.6) is 5.75 Å². The normalized spacial score (nSPS) is 26.2. The Bertz CT molecular complexity index is 1010. The molecule has 4 unspecified atom stereocenters. The van der Waals surface area contributed by atoms with Crippen molar-refractivity contribution in [2.75, 3.05) is 26.7 Å². The number of amides is 1.